The third-order valence-corrected chi connectivity index (χ3v) is 7.60. The Hall–Kier alpha value is -2.16. The van der Waals surface area contributed by atoms with Crippen LogP contribution in [-0.2, 0) is 19.1 Å². The molecule has 0 spiro atoms. The van der Waals surface area contributed by atoms with E-state index in [-0.39, 0.29) is 17.5 Å². The average molecular weight is 479 g/mol. The van der Waals surface area contributed by atoms with Crippen LogP contribution in [0.25, 0.3) is 0 Å². The maximum Gasteiger partial charge on any atom is 0.318 e. The van der Waals surface area contributed by atoms with Crippen LogP contribution in [0.4, 0.5) is 4.79 Å². The Bertz CT molecular complexity index is 738. The van der Waals surface area contributed by atoms with Gasteiger partial charge in [-0.2, -0.15) is 0 Å². The molecule has 9 heteroatoms. The third-order valence-electron chi connectivity index (χ3n) is 7.60. The van der Waals surface area contributed by atoms with Crippen molar-refractivity contribution < 1.29 is 23.9 Å². The van der Waals surface area contributed by atoms with Crippen LogP contribution in [0, 0.1) is 0 Å². The van der Waals surface area contributed by atoms with Crippen LogP contribution in [0.15, 0.2) is 0 Å². The number of carbonyl (C=O) groups is 4. The molecule has 2 aliphatic carbocycles. The molecule has 0 bridgehead atoms. The Morgan fingerprint density at radius 2 is 1.53 bits per heavy atom. The number of nitrogens with one attached hydrogen (secondary N) is 3. The monoisotopic (exact) mass is 478 g/mol. The van der Waals surface area contributed by atoms with Crippen LogP contribution in [-0.4, -0.2) is 72.0 Å². The summed E-state index contributed by atoms with van der Waals surface area (Å²) in [4.78, 5) is 54.2. The minimum atomic E-state index is -1.06. The summed E-state index contributed by atoms with van der Waals surface area (Å²) >= 11 is 0. The summed E-state index contributed by atoms with van der Waals surface area (Å²) < 4.78 is 5.33. The fraction of sp³-hybridized carbons (Fsp3) is 0.840. The van der Waals surface area contributed by atoms with E-state index in [4.69, 9.17) is 4.74 Å². The number of hydrogen-bond donors (Lipinski definition) is 3. The van der Waals surface area contributed by atoms with Crippen LogP contribution < -0.4 is 16.0 Å². The number of Topliss-reactive ketones (excluding diaryl/α,β-unsaturated/α-hetero) is 1. The number of ketones is 1. The zero-order valence-corrected chi connectivity index (χ0v) is 20.9. The second-order valence-corrected chi connectivity index (χ2v) is 10.4. The van der Waals surface area contributed by atoms with Gasteiger partial charge in [0.1, 0.15) is 5.54 Å². The summed E-state index contributed by atoms with van der Waals surface area (Å²) in [5.41, 5.74) is -1.42. The molecule has 1 aliphatic heterocycles. The molecule has 34 heavy (non-hydrogen) atoms. The number of morpholine rings is 1. The number of hydrogen-bond acceptors (Lipinski definition) is 5. The molecule has 2 saturated carbocycles. The summed E-state index contributed by atoms with van der Waals surface area (Å²) in [6.07, 6.45) is 9.43. The van der Waals surface area contributed by atoms with Crippen molar-refractivity contribution in [2.24, 2.45) is 0 Å². The first-order valence-electron chi connectivity index (χ1n) is 13.1. The maximum atomic E-state index is 13.6. The van der Waals surface area contributed by atoms with Gasteiger partial charge in [0.15, 0.2) is 0 Å². The van der Waals surface area contributed by atoms with Crippen molar-refractivity contribution in [1.82, 2.24) is 20.9 Å². The minimum Gasteiger partial charge on any atom is -0.378 e. The molecule has 4 amide bonds. The summed E-state index contributed by atoms with van der Waals surface area (Å²) in [5, 5.41) is 8.81. The Balaban J connectivity index is 1.70. The highest BCUT2D eigenvalue weighted by atomic mass is 16.5. The first kappa shape index (κ1) is 26.4. The van der Waals surface area contributed by atoms with E-state index in [2.05, 4.69) is 16.0 Å². The normalized spacial score (nSPS) is 22.5. The molecule has 0 unspecified atom stereocenters. The first-order valence-corrected chi connectivity index (χ1v) is 13.1. The van der Waals surface area contributed by atoms with Gasteiger partial charge in [0.25, 0.3) is 5.91 Å². The van der Waals surface area contributed by atoms with Crippen molar-refractivity contribution in [2.45, 2.75) is 108 Å². The number of carbonyl (C=O) groups excluding carboxylic acids is 4. The quantitative estimate of drug-likeness (QED) is 0.440. The molecule has 1 heterocycles. The van der Waals surface area contributed by atoms with Crippen LogP contribution in [0.5, 0.6) is 0 Å². The Morgan fingerprint density at radius 1 is 0.912 bits per heavy atom. The fourth-order valence-corrected chi connectivity index (χ4v) is 5.36. The molecule has 3 aliphatic rings. The molecule has 0 aromatic rings. The van der Waals surface area contributed by atoms with Gasteiger partial charge in [-0.05, 0) is 39.0 Å². The van der Waals surface area contributed by atoms with Gasteiger partial charge in [-0.1, -0.05) is 51.9 Å². The van der Waals surface area contributed by atoms with Gasteiger partial charge in [0.2, 0.25) is 11.7 Å². The molecule has 3 N–H and O–H groups in total. The molecular weight excluding hydrogens is 436 g/mol. The molecular formula is C25H42N4O5. The van der Waals surface area contributed by atoms with Gasteiger partial charge in [-0.3, -0.25) is 14.4 Å². The van der Waals surface area contributed by atoms with E-state index in [0.717, 1.165) is 51.4 Å². The Kier molecular flexibility index (Phi) is 9.33. The van der Waals surface area contributed by atoms with Gasteiger partial charge in [-0.15, -0.1) is 0 Å². The lowest BCUT2D eigenvalue weighted by Crippen LogP contribution is -2.65. The lowest BCUT2D eigenvalue weighted by molar-refractivity contribution is -0.142. The largest absolute Gasteiger partial charge is 0.378 e. The highest BCUT2D eigenvalue weighted by Gasteiger charge is 2.44. The maximum absolute atomic E-state index is 13.6. The summed E-state index contributed by atoms with van der Waals surface area (Å²) in [5.74, 6) is -1.58. The van der Waals surface area contributed by atoms with Gasteiger partial charge < -0.3 is 25.6 Å². The van der Waals surface area contributed by atoms with Gasteiger partial charge in [0, 0.05) is 18.6 Å². The molecule has 1 saturated heterocycles. The molecule has 0 radical (unpaired) electrons. The molecule has 3 fully saturated rings. The van der Waals surface area contributed by atoms with Gasteiger partial charge in [-0.25, -0.2) is 4.79 Å². The average Bonchev–Trinajstić information content (AvgIpc) is 3.27. The van der Waals surface area contributed by atoms with E-state index in [1.165, 1.54) is 0 Å². The first-order chi connectivity index (χ1) is 16.3. The lowest BCUT2D eigenvalue weighted by Gasteiger charge is -2.39. The fourth-order valence-electron chi connectivity index (χ4n) is 5.36. The minimum absolute atomic E-state index is 0.274. The number of rotatable bonds is 9. The van der Waals surface area contributed by atoms with Gasteiger partial charge in [0.05, 0.1) is 19.3 Å². The molecule has 9 nitrogen and oxygen atoms in total. The zero-order chi connectivity index (χ0) is 24.6. The van der Waals surface area contributed by atoms with Crippen molar-refractivity contribution in [2.75, 3.05) is 26.3 Å². The van der Waals surface area contributed by atoms with Crippen LogP contribution in [0.2, 0.25) is 0 Å². The van der Waals surface area contributed by atoms with Crippen molar-refractivity contribution in [3.8, 4) is 0 Å². The summed E-state index contributed by atoms with van der Waals surface area (Å²) in [6, 6.07) is -1.17. The highest BCUT2D eigenvalue weighted by molar-refractivity contribution is 6.38. The molecule has 1 atom stereocenters. The van der Waals surface area contributed by atoms with E-state index in [1.54, 1.807) is 4.90 Å². The Morgan fingerprint density at radius 3 is 2.15 bits per heavy atom. The zero-order valence-electron chi connectivity index (χ0n) is 20.9. The predicted molar refractivity (Wildman–Crippen MR) is 128 cm³/mol. The van der Waals surface area contributed by atoms with Crippen LogP contribution in [0.1, 0.15) is 90.9 Å². The van der Waals surface area contributed by atoms with Crippen molar-refractivity contribution in [1.29, 1.82) is 0 Å². The van der Waals surface area contributed by atoms with Crippen molar-refractivity contribution in [3.05, 3.63) is 0 Å². The summed E-state index contributed by atoms with van der Waals surface area (Å²) in [6.45, 7) is 5.92. The topological polar surface area (TPSA) is 117 Å². The predicted octanol–water partition coefficient (Wildman–Crippen LogP) is 2.42. The van der Waals surface area contributed by atoms with E-state index in [0.29, 0.717) is 52.0 Å². The van der Waals surface area contributed by atoms with E-state index < -0.39 is 23.3 Å². The third kappa shape index (κ3) is 6.71. The molecule has 0 aromatic heterocycles. The van der Waals surface area contributed by atoms with E-state index in [9.17, 15) is 19.2 Å². The molecule has 0 aromatic carbocycles. The number of amides is 4. The van der Waals surface area contributed by atoms with Crippen molar-refractivity contribution in [3.63, 3.8) is 0 Å². The van der Waals surface area contributed by atoms with Gasteiger partial charge >= 0.3 is 6.03 Å². The second-order valence-electron chi connectivity index (χ2n) is 10.4. The SMILES string of the molecule is CCCC[C@H](NC(=O)C1(NC(=O)N2CCOCC2)CCCCC1)C(=O)C(=O)NC1(C)CCCC1. The van der Waals surface area contributed by atoms with Crippen molar-refractivity contribution >= 4 is 23.6 Å². The second kappa shape index (κ2) is 12.0. The number of nitrogens with zero attached hydrogens (tertiary/aromatic N) is 1. The lowest BCUT2D eigenvalue weighted by atomic mass is 9.80. The van der Waals surface area contributed by atoms with Crippen LogP contribution in [0.3, 0.4) is 0 Å². The standard InChI is InChI=1S/C25H42N4O5/c1-3-4-10-19(20(30)21(31)27-24(2)11-8-9-12-24)26-22(32)25(13-6-5-7-14-25)28-23(33)29-15-17-34-18-16-29/h19H,3-18H2,1-2H3,(H,26,32)(H,27,31)(H,28,33)/t19-/m0/s1. The number of unbranched alkanes of at least 4 members (excludes halogenated alkanes) is 1. The highest BCUT2D eigenvalue weighted by Crippen LogP contribution is 2.30. The van der Waals surface area contributed by atoms with E-state index in [1.807, 2.05) is 13.8 Å². The molecule has 3 rings (SSSR count). The molecule has 192 valence electrons. The van der Waals surface area contributed by atoms with Crippen LogP contribution >= 0.6 is 0 Å². The van der Waals surface area contributed by atoms with E-state index >= 15 is 0 Å². The summed E-state index contributed by atoms with van der Waals surface area (Å²) in [7, 11) is 0. The number of urea groups is 1. The Labute approximate surface area is 203 Å². The number of ether oxygens (including phenoxy) is 1. The smallest absolute Gasteiger partial charge is 0.318 e.